The van der Waals surface area contributed by atoms with Gasteiger partial charge in [0.1, 0.15) is 17.0 Å². The summed E-state index contributed by atoms with van der Waals surface area (Å²) in [5.41, 5.74) is 0.884. The number of thiophene rings is 1. The van der Waals surface area contributed by atoms with Crippen molar-refractivity contribution in [3.05, 3.63) is 29.4 Å². The molecule has 1 atom stereocenters. The van der Waals surface area contributed by atoms with E-state index in [0.29, 0.717) is 18.0 Å². The molecule has 6 nitrogen and oxygen atoms in total. The van der Waals surface area contributed by atoms with Crippen LogP contribution in [0.4, 0.5) is 5.82 Å². The third-order valence-corrected chi connectivity index (χ3v) is 4.34. The molecule has 118 valence electrons. The Kier molecular flexibility index (Phi) is 5.46. The summed E-state index contributed by atoms with van der Waals surface area (Å²) in [5, 5.41) is 6.99. The van der Waals surface area contributed by atoms with Crippen LogP contribution >= 0.6 is 11.3 Å². The van der Waals surface area contributed by atoms with Gasteiger partial charge in [0.05, 0.1) is 16.9 Å². The fourth-order valence-corrected chi connectivity index (χ4v) is 3.22. The fourth-order valence-electron chi connectivity index (χ4n) is 2.17. The van der Waals surface area contributed by atoms with Gasteiger partial charge in [0, 0.05) is 19.7 Å². The predicted octanol–water partition coefficient (Wildman–Crippen LogP) is 2.36. The molecule has 2 N–H and O–H groups in total. The first-order chi connectivity index (χ1) is 10.6. The van der Waals surface area contributed by atoms with Crippen LogP contribution in [0, 0.1) is 6.92 Å². The van der Waals surface area contributed by atoms with Gasteiger partial charge in [-0.1, -0.05) is 6.08 Å². The first-order valence-corrected chi connectivity index (χ1v) is 7.78. The van der Waals surface area contributed by atoms with Crippen molar-refractivity contribution in [1.82, 2.24) is 15.3 Å². The maximum atomic E-state index is 12.4. The number of aryl methyl sites for hydroxylation is 1. The number of ether oxygens (including phenoxy) is 1. The van der Waals surface area contributed by atoms with Crippen LogP contribution in [0.15, 0.2) is 19.0 Å². The van der Waals surface area contributed by atoms with Crippen LogP contribution in [0.2, 0.25) is 0 Å². The lowest BCUT2D eigenvalue weighted by Crippen LogP contribution is -2.35. The first-order valence-electron chi connectivity index (χ1n) is 6.97. The largest absolute Gasteiger partial charge is 0.383 e. The van der Waals surface area contributed by atoms with Crippen molar-refractivity contribution in [2.45, 2.75) is 19.9 Å². The van der Waals surface area contributed by atoms with E-state index in [-0.39, 0.29) is 11.9 Å². The molecule has 0 aromatic carbocycles. The minimum atomic E-state index is -0.111. The summed E-state index contributed by atoms with van der Waals surface area (Å²) in [6, 6.07) is -0.0495. The number of aromatic nitrogens is 2. The average Bonchev–Trinajstić information content (AvgIpc) is 2.83. The average molecular weight is 320 g/mol. The highest BCUT2D eigenvalue weighted by atomic mass is 32.1. The van der Waals surface area contributed by atoms with E-state index in [1.54, 1.807) is 13.2 Å². The second-order valence-corrected chi connectivity index (χ2v) is 5.96. The fraction of sp³-hybridized carbons (Fsp3) is 0.400. The van der Waals surface area contributed by atoms with Crippen molar-refractivity contribution >= 4 is 33.3 Å². The van der Waals surface area contributed by atoms with E-state index in [9.17, 15) is 4.79 Å². The minimum Gasteiger partial charge on any atom is -0.383 e. The summed E-state index contributed by atoms with van der Waals surface area (Å²) < 4.78 is 5.04. The van der Waals surface area contributed by atoms with E-state index in [1.165, 1.54) is 17.7 Å². The number of hydrogen-bond acceptors (Lipinski definition) is 6. The molecule has 0 aliphatic rings. The van der Waals surface area contributed by atoms with Crippen LogP contribution in [0.3, 0.4) is 0 Å². The summed E-state index contributed by atoms with van der Waals surface area (Å²) in [6.07, 6.45) is 3.26. The topological polar surface area (TPSA) is 76.1 Å². The number of nitrogens with zero attached hydrogens (tertiary/aromatic N) is 2. The highest BCUT2D eigenvalue weighted by Gasteiger charge is 2.20. The number of hydrogen-bond donors (Lipinski definition) is 2. The lowest BCUT2D eigenvalue weighted by atomic mass is 10.2. The van der Waals surface area contributed by atoms with E-state index in [4.69, 9.17) is 4.74 Å². The molecule has 0 radical (unpaired) electrons. The molecule has 7 heteroatoms. The van der Waals surface area contributed by atoms with Crippen molar-refractivity contribution in [2.24, 2.45) is 0 Å². The van der Waals surface area contributed by atoms with E-state index >= 15 is 0 Å². The van der Waals surface area contributed by atoms with E-state index < -0.39 is 0 Å². The Labute approximate surface area is 133 Å². The van der Waals surface area contributed by atoms with Gasteiger partial charge in [-0.05, 0) is 19.4 Å². The molecule has 2 heterocycles. The van der Waals surface area contributed by atoms with Gasteiger partial charge in [0.2, 0.25) is 0 Å². The second kappa shape index (κ2) is 7.33. The van der Waals surface area contributed by atoms with Crippen molar-refractivity contribution < 1.29 is 9.53 Å². The number of carbonyl (C=O) groups is 1. The van der Waals surface area contributed by atoms with Gasteiger partial charge in [-0.3, -0.25) is 4.79 Å². The molecule has 2 rings (SSSR count). The number of fused-ring (bicyclic) bond motifs is 1. The van der Waals surface area contributed by atoms with Crippen LogP contribution in [-0.4, -0.2) is 42.2 Å². The Hall–Kier alpha value is -1.99. The van der Waals surface area contributed by atoms with Crippen molar-refractivity contribution in [3.63, 3.8) is 0 Å². The van der Waals surface area contributed by atoms with Crippen LogP contribution in [0.5, 0.6) is 0 Å². The smallest absolute Gasteiger partial charge is 0.262 e. The second-order valence-electron chi connectivity index (χ2n) is 4.96. The predicted molar refractivity (Wildman–Crippen MR) is 89.6 cm³/mol. The molecule has 2 aromatic heterocycles. The van der Waals surface area contributed by atoms with Gasteiger partial charge >= 0.3 is 0 Å². The van der Waals surface area contributed by atoms with Crippen molar-refractivity contribution in [3.8, 4) is 0 Å². The first kappa shape index (κ1) is 16.4. The Morgan fingerprint density at radius 2 is 2.32 bits per heavy atom. The molecule has 22 heavy (non-hydrogen) atoms. The number of methoxy groups -OCH3 is 1. The lowest BCUT2D eigenvalue weighted by Gasteiger charge is -2.12. The highest BCUT2D eigenvalue weighted by Crippen LogP contribution is 2.33. The quantitative estimate of drug-likeness (QED) is 0.766. The molecular weight excluding hydrogens is 300 g/mol. The molecule has 0 saturated heterocycles. The van der Waals surface area contributed by atoms with Crippen LogP contribution in [0.25, 0.3) is 10.2 Å². The zero-order valence-corrected chi connectivity index (χ0v) is 13.8. The van der Waals surface area contributed by atoms with E-state index in [2.05, 4.69) is 27.2 Å². The zero-order chi connectivity index (χ0) is 16.1. The van der Waals surface area contributed by atoms with Gasteiger partial charge in [0.25, 0.3) is 5.91 Å². The number of rotatable bonds is 7. The third kappa shape index (κ3) is 3.42. The molecule has 1 amide bonds. The number of amides is 1. The summed E-state index contributed by atoms with van der Waals surface area (Å²) in [6.45, 7) is 8.58. The standard InChI is InChI=1S/C15H20N4O2S/c1-5-6-16-13-11-10(3)12(22-15(11)18-8-17-13)14(20)19-9(2)7-21-4/h5,8-9H,1,6-7H2,2-4H3,(H,19,20)(H,16,17,18)/t9-/m1/s1. The summed E-state index contributed by atoms with van der Waals surface area (Å²) in [7, 11) is 1.61. The Morgan fingerprint density at radius 1 is 1.55 bits per heavy atom. The molecule has 0 bridgehead atoms. The number of anilines is 1. The molecule has 0 saturated carbocycles. The third-order valence-electron chi connectivity index (χ3n) is 3.14. The molecular formula is C15H20N4O2S. The number of carbonyl (C=O) groups excluding carboxylic acids is 1. The normalized spacial score (nSPS) is 12.1. The van der Waals surface area contributed by atoms with Crippen molar-refractivity contribution in [2.75, 3.05) is 25.6 Å². The molecule has 0 aliphatic carbocycles. The summed E-state index contributed by atoms with van der Waals surface area (Å²) in [5.74, 6) is 0.613. The van der Waals surface area contributed by atoms with Gasteiger partial charge < -0.3 is 15.4 Å². The Balaban J connectivity index is 2.34. The summed E-state index contributed by atoms with van der Waals surface area (Å²) >= 11 is 1.37. The van der Waals surface area contributed by atoms with Gasteiger partial charge in [-0.25, -0.2) is 9.97 Å². The Morgan fingerprint density at radius 3 is 3.00 bits per heavy atom. The lowest BCUT2D eigenvalue weighted by molar-refractivity contribution is 0.0909. The minimum absolute atomic E-state index is 0.0495. The van der Waals surface area contributed by atoms with E-state index in [1.807, 2.05) is 13.8 Å². The maximum Gasteiger partial charge on any atom is 0.262 e. The van der Waals surface area contributed by atoms with Gasteiger partial charge in [-0.2, -0.15) is 0 Å². The molecule has 2 aromatic rings. The highest BCUT2D eigenvalue weighted by molar-refractivity contribution is 7.20. The van der Waals surface area contributed by atoms with Gasteiger partial charge in [0.15, 0.2) is 0 Å². The molecule has 0 fully saturated rings. The van der Waals surface area contributed by atoms with E-state index in [0.717, 1.165) is 21.6 Å². The van der Waals surface area contributed by atoms with Crippen LogP contribution < -0.4 is 10.6 Å². The zero-order valence-electron chi connectivity index (χ0n) is 13.0. The van der Waals surface area contributed by atoms with Gasteiger partial charge in [-0.15, -0.1) is 17.9 Å². The monoisotopic (exact) mass is 320 g/mol. The molecule has 0 spiro atoms. The molecule has 0 unspecified atom stereocenters. The Bertz CT molecular complexity index is 683. The molecule has 0 aliphatic heterocycles. The van der Waals surface area contributed by atoms with Crippen LogP contribution in [-0.2, 0) is 4.74 Å². The SMILES string of the molecule is C=CCNc1ncnc2sc(C(=O)N[C@H](C)COC)c(C)c12. The maximum absolute atomic E-state index is 12.4. The van der Waals surface area contributed by atoms with Crippen LogP contribution in [0.1, 0.15) is 22.2 Å². The number of nitrogens with one attached hydrogen (secondary N) is 2. The summed E-state index contributed by atoms with van der Waals surface area (Å²) in [4.78, 5) is 22.4. The van der Waals surface area contributed by atoms with Crippen molar-refractivity contribution in [1.29, 1.82) is 0 Å².